The first-order valence-electron chi connectivity index (χ1n) is 5.72. The minimum absolute atomic E-state index is 0.0180. The Bertz CT molecular complexity index is 489. The van der Waals surface area contributed by atoms with Crippen LogP contribution in [0, 0.1) is 0 Å². The van der Waals surface area contributed by atoms with E-state index in [1.54, 1.807) is 20.8 Å². The van der Waals surface area contributed by atoms with E-state index in [9.17, 15) is 23.8 Å². The fourth-order valence-electron chi connectivity index (χ4n) is 1.53. The molecule has 1 aromatic rings. The first-order valence-corrected chi connectivity index (χ1v) is 5.72. The lowest BCUT2D eigenvalue weighted by Crippen LogP contribution is -2.51. The van der Waals surface area contributed by atoms with Gasteiger partial charge in [0, 0.05) is 11.1 Å². The van der Waals surface area contributed by atoms with Crippen molar-refractivity contribution in [2.45, 2.75) is 39.5 Å². The largest absolute Gasteiger partial charge is 0.530 e. The van der Waals surface area contributed by atoms with E-state index in [1.165, 1.54) is 0 Å². The molecule has 0 atom stereocenters. The molecule has 0 bridgehead atoms. The van der Waals surface area contributed by atoms with Crippen LogP contribution < -0.4 is 9.84 Å². The van der Waals surface area contributed by atoms with Crippen molar-refractivity contribution >= 4 is 6.09 Å². The van der Waals surface area contributed by atoms with Crippen LogP contribution in [-0.4, -0.2) is 33.2 Å². The van der Waals surface area contributed by atoms with Crippen molar-refractivity contribution in [2.24, 2.45) is 0 Å². The zero-order valence-electron chi connectivity index (χ0n) is 11.3. The van der Waals surface area contributed by atoms with Crippen LogP contribution in [0.15, 0.2) is 12.3 Å². The molecule has 8 heteroatoms. The lowest BCUT2D eigenvalue weighted by molar-refractivity contribution is -0.271. The summed E-state index contributed by atoms with van der Waals surface area (Å²) in [6.45, 7) is 1.46. The highest BCUT2D eigenvalue weighted by Gasteiger charge is 2.24. The van der Waals surface area contributed by atoms with Crippen molar-refractivity contribution < 1.29 is 28.5 Å². The van der Waals surface area contributed by atoms with E-state index in [0.717, 1.165) is 17.2 Å². The predicted octanol–water partition coefficient (Wildman–Crippen LogP) is 1.33. The van der Waals surface area contributed by atoms with Gasteiger partial charge in [-0.2, -0.15) is 8.78 Å². The normalized spacial score (nSPS) is 11.5. The second-order valence-corrected chi connectivity index (χ2v) is 5.06. The molecule has 0 saturated carbocycles. The number of aromatic hydroxyl groups is 1. The SMILES string of the molecule is CC(C)(C)N(Cc1cc(O)cnc1OC(F)F)C(=O)[O-]. The maximum Gasteiger partial charge on any atom is 0.388 e. The second kappa shape index (κ2) is 5.89. The van der Waals surface area contributed by atoms with Crippen molar-refractivity contribution in [2.75, 3.05) is 0 Å². The van der Waals surface area contributed by atoms with Gasteiger partial charge in [0.2, 0.25) is 5.88 Å². The Morgan fingerprint density at radius 2 is 2.15 bits per heavy atom. The minimum atomic E-state index is -3.10. The summed E-state index contributed by atoms with van der Waals surface area (Å²) in [5.74, 6) is -0.720. The number of pyridine rings is 1. The number of nitrogens with zero attached hydrogens (tertiary/aromatic N) is 2. The van der Waals surface area contributed by atoms with Crippen molar-refractivity contribution in [1.29, 1.82) is 0 Å². The third-order valence-electron chi connectivity index (χ3n) is 2.47. The average molecular weight is 289 g/mol. The van der Waals surface area contributed by atoms with Gasteiger partial charge in [0.25, 0.3) is 0 Å². The van der Waals surface area contributed by atoms with Crippen molar-refractivity contribution in [1.82, 2.24) is 9.88 Å². The number of halogens is 2. The van der Waals surface area contributed by atoms with E-state index < -0.39 is 24.1 Å². The van der Waals surface area contributed by atoms with Gasteiger partial charge in [-0.05, 0) is 26.8 Å². The van der Waals surface area contributed by atoms with Crippen LogP contribution >= 0.6 is 0 Å². The molecular formula is C12H15F2N2O4-. The molecule has 0 aliphatic carbocycles. The molecule has 1 N–H and O–H groups in total. The van der Waals surface area contributed by atoms with Crippen LogP contribution in [0.4, 0.5) is 13.6 Å². The van der Waals surface area contributed by atoms with Crippen LogP contribution in [0.1, 0.15) is 26.3 Å². The quantitative estimate of drug-likeness (QED) is 0.903. The van der Waals surface area contributed by atoms with Crippen LogP contribution in [0.5, 0.6) is 11.6 Å². The summed E-state index contributed by atoms with van der Waals surface area (Å²) >= 11 is 0. The van der Waals surface area contributed by atoms with Crippen molar-refractivity contribution in [3.8, 4) is 11.6 Å². The van der Waals surface area contributed by atoms with E-state index in [2.05, 4.69) is 9.72 Å². The molecule has 112 valence electrons. The van der Waals surface area contributed by atoms with E-state index >= 15 is 0 Å². The number of hydrogen-bond acceptors (Lipinski definition) is 5. The highest BCUT2D eigenvalue weighted by atomic mass is 19.3. The maximum absolute atomic E-state index is 12.3. The molecule has 1 amide bonds. The Morgan fingerprint density at radius 1 is 1.55 bits per heavy atom. The van der Waals surface area contributed by atoms with Gasteiger partial charge < -0.3 is 24.6 Å². The first-order chi connectivity index (χ1) is 9.11. The number of amides is 1. The number of alkyl halides is 2. The Morgan fingerprint density at radius 3 is 2.60 bits per heavy atom. The summed E-state index contributed by atoms with van der Waals surface area (Å²) in [7, 11) is 0. The highest BCUT2D eigenvalue weighted by Crippen LogP contribution is 2.26. The summed E-state index contributed by atoms with van der Waals surface area (Å²) in [5, 5.41) is 20.5. The lowest BCUT2D eigenvalue weighted by atomic mass is 10.1. The fraction of sp³-hybridized carbons (Fsp3) is 0.500. The molecule has 0 aromatic carbocycles. The number of hydrogen-bond donors (Lipinski definition) is 1. The third kappa shape index (κ3) is 4.22. The van der Waals surface area contributed by atoms with Crippen LogP contribution in [0.3, 0.4) is 0 Å². The fourth-order valence-corrected chi connectivity index (χ4v) is 1.53. The zero-order valence-corrected chi connectivity index (χ0v) is 11.3. The Hall–Kier alpha value is -2.12. The summed E-state index contributed by atoms with van der Waals surface area (Å²) in [5.41, 5.74) is -0.795. The van der Waals surface area contributed by atoms with Crippen LogP contribution in [0.25, 0.3) is 0 Å². The van der Waals surface area contributed by atoms with E-state index in [4.69, 9.17) is 0 Å². The molecule has 0 saturated heterocycles. The third-order valence-corrected chi connectivity index (χ3v) is 2.47. The number of carboxylic acid groups (broad SMARTS) is 1. The summed E-state index contributed by atoms with van der Waals surface area (Å²) in [4.78, 5) is 15.6. The Labute approximate surface area is 114 Å². The molecular weight excluding hydrogens is 274 g/mol. The van der Waals surface area contributed by atoms with Gasteiger partial charge >= 0.3 is 6.61 Å². The molecule has 1 heterocycles. The monoisotopic (exact) mass is 289 g/mol. The lowest BCUT2D eigenvalue weighted by Gasteiger charge is -2.38. The van der Waals surface area contributed by atoms with Crippen molar-refractivity contribution in [3.63, 3.8) is 0 Å². The molecule has 0 aliphatic heterocycles. The van der Waals surface area contributed by atoms with Gasteiger partial charge in [-0.15, -0.1) is 0 Å². The summed E-state index contributed by atoms with van der Waals surface area (Å²) in [6, 6.07) is 1.12. The second-order valence-electron chi connectivity index (χ2n) is 5.06. The molecule has 0 fully saturated rings. The van der Waals surface area contributed by atoms with Gasteiger partial charge in [-0.25, -0.2) is 4.98 Å². The smallest absolute Gasteiger partial charge is 0.388 e. The minimum Gasteiger partial charge on any atom is -0.530 e. The molecule has 6 nitrogen and oxygen atoms in total. The number of carbonyl (C=O) groups excluding carboxylic acids is 1. The topological polar surface area (TPSA) is 85.7 Å². The first kappa shape index (κ1) is 15.9. The van der Waals surface area contributed by atoms with Gasteiger partial charge in [0.05, 0.1) is 12.7 Å². The van der Waals surface area contributed by atoms with E-state index in [1.807, 2.05) is 0 Å². The summed E-state index contributed by atoms with van der Waals surface area (Å²) < 4.78 is 28.7. The Balaban J connectivity index is 3.11. The Kier molecular flexibility index (Phi) is 4.69. The van der Waals surface area contributed by atoms with Gasteiger partial charge in [-0.3, -0.25) is 0 Å². The van der Waals surface area contributed by atoms with Gasteiger partial charge in [0.15, 0.2) is 0 Å². The predicted molar refractivity (Wildman–Crippen MR) is 63.2 cm³/mol. The van der Waals surface area contributed by atoms with Gasteiger partial charge in [0.1, 0.15) is 11.8 Å². The van der Waals surface area contributed by atoms with Crippen molar-refractivity contribution in [3.05, 3.63) is 17.8 Å². The molecule has 0 radical (unpaired) electrons. The number of aromatic nitrogens is 1. The van der Waals surface area contributed by atoms with Crippen LogP contribution in [-0.2, 0) is 6.54 Å². The maximum atomic E-state index is 12.3. The standard InChI is InChI=1S/C12H16F2N2O4/c1-12(2,3)16(11(18)19)6-7-4-8(17)5-15-9(7)20-10(13)14/h4-5,10,17H,6H2,1-3H3,(H,18,19)/p-1. The van der Waals surface area contributed by atoms with Crippen LogP contribution in [0.2, 0.25) is 0 Å². The number of ether oxygens (including phenoxy) is 1. The molecule has 0 spiro atoms. The molecule has 1 rings (SSSR count). The molecule has 20 heavy (non-hydrogen) atoms. The highest BCUT2D eigenvalue weighted by molar-refractivity contribution is 5.63. The average Bonchev–Trinajstić information content (AvgIpc) is 2.26. The molecule has 1 aromatic heterocycles. The molecule has 0 aliphatic rings. The summed E-state index contributed by atoms with van der Waals surface area (Å²) in [6.07, 6.45) is -0.536. The van der Waals surface area contributed by atoms with E-state index in [-0.39, 0.29) is 17.9 Å². The number of carbonyl (C=O) groups is 1. The van der Waals surface area contributed by atoms with Gasteiger partial charge in [-0.1, -0.05) is 0 Å². The zero-order chi connectivity index (χ0) is 15.5. The number of rotatable bonds is 4. The van der Waals surface area contributed by atoms with E-state index in [0.29, 0.717) is 0 Å². The molecule has 0 unspecified atom stereocenters.